The fourth-order valence-corrected chi connectivity index (χ4v) is 3.74. The second kappa shape index (κ2) is 3.17. The molecule has 0 aromatic heterocycles. The standard InChI is InChI=1S/C11H16O3S/c1-3-8-6-11(8,2)10(12)7-15(13,14)9-4-5-9/h3,8-9H,1,4-7H2,2H3/t8-,11+/m1/s1. The quantitative estimate of drug-likeness (QED) is 0.667. The van der Waals surface area contributed by atoms with Gasteiger partial charge in [-0.25, -0.2) is 8.42 Å². The Morgan fingerprint density at radius 1 is 1.53 bits per heavy atom. The maximum atomic E-state index is 11.8. The van der Waals surface area contributed by atoms with Gasteiger partial charge in [0.2, 0.25) is 0 Å². The van der Waals surface area contributed by atoms with Gasteiger partial charge >= 0.3 is 0 Å². The predicted molar refractivity (Wildman–Crippen MR) is 58.2 cm³/mol. The van der Waals surface area contributed by atoms with Crippen LogP contribution >= 0.6 is 0 Å². The Bertz CT molecular complexity index is 406. The van der Waals surface area contributed by atoms with Crippen LogP contribution in [-0.2, 0) is 14.6 Å². The van der Waals surface area contributed by atoms with Gasteiger partial charge in [-0.05, 0) is 25.2 Å². The molecule has 0 aromatic rings. The summed E-state index contributed by atoms with van der Waals surface area (Å²) in [4.78, 5) is 11.8. The summed E-state index contributed by atoms with van der Waals surface area (Å²) in [5.74, 6) is -0.211. The lowest BCUT2D eigenvalue weighted by molar-refractivity contribution is -0.121. The molecule has 84 valence electrons. The highest BCUT2D eigenvalue weighted by Gasteiger charge is 2.55. The van der Waals surface area contributed by atoms with Crippen molar-refractivity contribution in [3.63, 3.8) is 0 Å². The molecule has 0 bridgehead atoms. The van der Waals surface area contributed by atoms with Crippen molar-refractivity contribution in [2.24, 2.45) is 11.3 Å². The van der Waals surface area contributed by atoms with Crippen LogP contribution in [0.25, 0.3) is 0 Å². The minimum atomic E-state index is -3.14. The van der Waals surface area contributed by atoms with Crippen molar-refractivity contribution < 1.29 is 13.2 Å². The van der Waals surface area contributed by atoms with Crippen LogP contribution in [0, 0.1) is 11.3 Å². The lowest BCUT2D eigenvalue weighted by atomic mass is 10.0. The molecule has 2 atom stereocenters. The Labute approximate surface area is 90.5 Å². The normalized spacial score (nSPS) is 34.9. The second-order valence-electron chi connectivity index (χ2n) is 4.89. The smallest absolute Gasteiger partial charge is 0.160 e. The SMILES string of the molecule is C=C[C@@H]1C[C@]1(C)C(=O)CS(=O)(=O)C1CC1. The van der Waals surface area contributed by atoms with E-state index in [4.69, 9.17) is 0 Å². The Morgan fingerprint density at radius 2 is 2.13 bits per heavy atom. The van der Waals surface area contributed by atoms with E-state index in [0.29, 0.717) is 0 Å². The third kappa shape index (κ3) is 1.87. The molecule has 15 heavy (non-hydrogen) atoms. The van der Waals surface area contributed by atoms with E-state index in [-0.39, 0.29) is 22.7 Å². The first kappa shape index (κ1) is 10.9. The predicted octanol–water partition coefficient (Wildman–Crippen LogP) is 1.34. The summed E-state index contributed by atoms with van der Waals surface area (Å²) in [6.45, 7) is 5.48. The summed E-state index contributed by atoms with van der Waals surface area (Å²) in [6, 6.07) is 0. The highest BCUT2D eigenvalue weighted by molar-refractivity contribution is 7.93. The van der Waals surface area contributed by atoms with Crippen molar-refractivity contribution in [2.45, 2.75) is 31.4 Å². The molecule has 2 fully saturated rings. The fourth-order valence-electron chi connectivity index (χ4n) is 1.95. The van der Waals surface area contributed by atoms with E-state index in [1.54, 1.807) is 6.08 Å². The third-order valence-corrected chi connectivity index (χ3v) is 5.74. The van der Waals surface area contributed by atoms with Crippen molar-refractivity contribution in [1.29, 1.82) is 0 Å². The van der Waals surface area contributed by atoms with Crippen molar-refractivity contribution >= 4 is 15.6 Å². The van der Waals surface area contributed by atoms with Gasteiger partial charge in [0.1, 0.15) is 5.75 Å². The van der Waals surface area contributed by atoms with E-state index < -0.39 is 15.3 Å². The number of allylic oxidation sites excluding steroid dienone is 1. The minimum absolute atomic E-state index is 0.126. The van der Waals surface area contributed by atoms with Gasteiger partial charge in [-0.1, -0.05) is 13.0 Å². The average molecular weight is 228 g/mol. The topological polar surface area (TPSA) is 51.2 Å². The molecule has 0 unspecified atom stereocenters. The van der Waals surface area contributed by atoms with Crippen LogP contribution < -0.4 is 0 Å². The molecule has 0 saturated heterocycles. The van der Waals surface area contributed by atoms with Crippen molar-refractivity contribution in [3.8, 4) is 0 Å². The van der Waals surface area contributed by atoms with E-state index in [1.807, 2.05) is 6.92 Å². The molecular formula is C11H16O3S. The highest BCUT2D eigenvalue weighted by atomic mass is 32.2. The zero-order chi connectivity index (χ0) is 11.3. The average Bonchev–Trinajstić information content (AvgIpc) is 2.97. The van der Waals surface area contributed by atoms with E-state index in [1.165, 1.54) is 0 Å². The van der Waals surface area contributed by atoms with Gasteiger partial charge in [-0.3, -0.25) is 4.79 Å². The molecule has 2 aliphatic rings. The van der Waals surface area contributed by atoms with Crippen molar-refractivity contribution in [1.82, 2.24) is 0 Å². The molecular weight excluding hydrogens is 212 g/mol. The zero-order valence-electron chi connectivity index (χ0n) is 8.90. The minimum Gasteiger partial charge on any atom is -0.298 e. The number of Topliss-reactive ketones (excluding diaryl/α,β-unsaturated/α-hetero) is 1. The van der Waals surface area contributed by atoms with Crippen LogP contribution in [-0.4, -0.2) is 25.2 Å². The number of carbonyl (C=O) groups is 1. The van der Waals surface area contributed by atoms with Gasteiger partial charge in [0, 0.05) is 5.41 Å². The molecule has 2 rings (SSSR count). The van der Waals surface area contributed by atoms with Gasteiger partial charge in [0.05, 0.1) is 5.25 Å². The molecule has 0 aliphatic heterocycles. The van der Waals surface area contributed by atoms with Crippen LogP contribution in [0.15, 0.2) is 12.7 Å². The summed E-state index contributed by atoms with van der Waals surface area (Å²) in [7, 11) is -3.14. The number of sulfone groups is 1. The van der Waals surface area contributed by atoms with Crippen molar-refractivity contribution in [2.75, 3.05) is 5.75 Å². The lowest BCUT2D eigenvalue weighted by Gasteiger charge is -2.08. The van der Waals surface area contributed by atoms with Crippen LogP contribution in [0.2, 0.25) is 0 Å². The Morgan fingerprint density at radius 3 is 2.53 bits per heavy atom. The second-order valence-corrected chi connectivity index (χ2v) is 7.17. The molecule has 0 N–H and O–H groups in total. The molecule has 0 radical (unpaired) electrons. The molecule has 0 amide bonds. The van der Waals surface area contributed by atoms with Gasteiger partial charge in [-0.2, -0.15) is 0 Å². The summed E-state index contributed by atoms with van der Waals surface area (Å²) >= 11 is 0. The molecule has 4 heteroatoms. The highest BCUT2D eigenvalue weighted by Crippen LogP contribution is 2.53. The van der Waals surface area contributed by atoms with Gasteiger partial charge in [-0.15, -0.1) is 6.58 Å². The summed E-state index contributed by atoms with van der Waals surface area (Å²) in [5.41, 5.74) is -0.441. The summed E-state index contributed by atoms with van der Waals surface area (Å²) in [5, 5.41) is -0.231. The van der Waals surface area contributed by atoms with Crippen molar-refractivity contribution in [3.05, 3.63) is 12.7 Å². The Kier molecular flexibility index (Phi) is 2.30. The molecule has 2 aliphatic carbocycles. The molecule has 2 saturated carbocycles. The maximum Gasteiger partial charge on any atom is 0.160 e. The molecule has 0 aromatic carbocycles. The van der Waals surface area contributed by atoms with Crippen LogP contribution in [0.3, 0.4) is 0 Å². The number of rotatable bonds is 5. The van der Waals surface area contributed by atoms with Crippen LogP contribution in [0.1, 0.15) is 26.2 Å². The number of hydrogen-bond acceptors (Lipinski definition) is 3. The van der Waals surface area contributed by atoms with Crippen LogP contribution in [0.4, 0.5) is 0 Å². The maximum absolute atomic E-state index is 11.8. The first-order valence-corrected chi connectivity index (χ1v) is 6.99. The first-order chi connectivity index (χ1) is 6.90. The third-order valence-electron chi connectivity index (χ3n) is 3.59. The van der Waals surface area contributed by atoms with E-state index in [0.717, 1.165) is 19.3 Å². The molecule has 0 spiro atoms. The zero-order valence-corrected chi connectivity index (χ0v) is 9.72. The number of ketones is 1. The summed E-state index contributed by atoms with van der Waals surface area (Å²) in [6.07, 6.45) is 3.98. The lowest BCUT2D eigenvalue weighted by Crippen LogP contribution is -2.26. The molecule has 3 nitrogen and oxygen atoms in total. The van der Waals surface area contributed by atoms with E-state index in [2.05, 4.69) is 6.58 Å². The summed E-state index contributed by atoms with van der Waals surface area (Å²) < 4.78 is 23.3. The van der Waals surface area contributed by atoms with E-state index >= 15 is 0 Å². The molecule has 0 heterocycles. The van der Waals surface area contributed by atoms with Crippen LogP contribution in [0.5, 0.6) is 0 Å². The Hall–Kier alpha value is -0.640. The monoisotopic (exact) mass is 228 g/mol. The number of hydrogen-bond donors (Lipinski definition) is 0. The largest absolute Gasteiger partial charge is 0.298 e. The van der Waals surface area contributed by atoms with E-state index in [9.17, 15) is 13.2 Å². The number of carbonyl (C=O) groups excluding carboxylic acids is 1. The Balaban J connectivity index is 2.02. The van der Waals surface area contributed by atoms with Gasteiger partial charge in [0.25, 0.3) is 0 Å². The van der Waals surface area contributed by atoms with Gasteiger partial charge < -0.3 is 0 Å². The van der Waals surface area contributed by atoms with Gasteiger partial charge in [0.15, 0.2) is 15.6 Å². The first-order valence-electron chi connectivity index (χ1n) is 5.27. The fraction of sp³-hybridized carbons (Fsp3) is 0.727.